The van der Waals surface area contributed by atoms with Crippen molar-refractivity contribution >= 4 is 0 Å². The van der Waals surface area contributed by atoms with E-state index in [2.05, 4.69) is 18.2 Å². The van der Waals surface area contributed by atoms with Crippen molar-refractivity contribution in [3.63, 3.8) is 0 Å². The maximum atomic E-state index is 5.63. The van der Waals surface area contributed by atoms with Crippen LogP contribution in [0.5, 0.6) is 0 Å². The van der Waals surface area contributed by atoms with Crippen LogP contribution in [0.2, 0.25) is 0 Å². The van der Waals surface area contributed by atoms with E-state index in [1.165, 1.54) is 0 Å². The van der Waals surface area contributed by atoms with Crippen molar-refractivity contribution in [2.45, 2.75) is 25.6 Å². The van der Waals surface area contributed by atoms with Gasteiger partial charge in [-0.1, -0.05) is 0 Å². The van der Waals surface area contributed by atoms with Crippen molar-refractivity contribution in [2.24, 2.45) is 0 Å². The Morgan fingerprint density at radius 2 is 2.46 bits per heavy atom. The molecule has 0 aromatic rings. The largest absolute Gasteiger partial charge is 0.378 e. The van der Waals surface area contributed by atoms with Gasteiger partial charge >= 0.3 is 0 Å². The van der Waals surface area contributed by atoms with Crippen LogP contribution in [0.4, 0.5) is 0 Å². The Hall–Kier alpha value is -0.560. The molecule has 1 aliphatic heterocycles. The zero-order valence-electron chi connectivity index (χ0n) is 8.08. The molecule has 1 saturated heterocycles. The van der Waals surface area contributed by atoms with E-state index < -0.39 is 0 Å². The van der Waals surface area contributed by atoms with Crippen LogP contribution in [0.3, 0.4) is 0 Å². The summed E-state index contributed by atoms with van der Waals surface area (Å²) in [5.74, 6) is 2.53. The predicted octanol–water partition coefficient (Wildman–Crippen LogP) is 0.403. The van der Waals surface area contributed by atoms with Crippen LogP contribution in [0, 0.1) is 12.3 Å². The molecule has 0 aromatic carbocycles. The summed E-state index contributed by atoms with van der Waals surface area (Å²) in [7, 11) is 0. The minimum Gasteiger partial charge on any atom is -0.378 e. The van der Waals surface area contributed by atoms with Crippen molar-refractivity contribution in [2.75, 3.05) is 26.3 Å². The fourth-order valence-corrected chi connectivity index (χ4v) is 1.32. The molecule has 1 N–H and O–H groups in total. The molecule has 0 saturated carbocycles. The number of rotatable bonds is 4. The first-order valence-electron chi connectivity index (χ1n) is 4.70. The fraction of sp³-hybridized carbons (Fsp3) is 0.800. The lowest BCUT2D eigenvalue weighted by atomic mass is 10.2. The maximum Gasteiger partial charge on any atom is 0.0936 e. The average molecular weight is 183 g/mol. The second kappa shape index (κ2) is 5.98. The molecule has 1 fully saturated rings. The smallest absolute Gasteiger partial charge is 0.0936 e. The third kappa shape index (κ3) is 4.28. The first kappa shape index (κ1) is 10.5. The fourth-order valence-electron chi connectivity index (χ4n) is 1.32. The third-order valence-corrected chi connectivity index (χ3v) is 1.92. The second-order valence-electron chi connectivity index (χ2n) is 3.26. The van der Waals surface area contributed by atoms with Crippen LogP contribution >= 0.6 is 0 Å². The summed E-state index contributed by atoms with van der Waals surface area (Å²) >= 11 is 0. The van der Waals surface area contributed by atoms with Crippen LogP contribution in [0.25, 0.3) is 0 Å². The predicted molar refractivity (Wildman–Crippen MR) is 51.5 cm³/mol. The van der Waals surface area contributed by atoms with E-state index in [1.54, 1.807) is 0 Å². The second-order valence-corrected chi connectivity index (χ2v) is 3.26. The average Bonchev–Trinajstić information content (AvgIpc) is 2.13. The molecular formula is C10H17NO2. The van der Waals surface area contributed by atoms with Crippen LogP contribution < -0.4 is 5.32 Å². The maximum absolute atomic E-state index is 5.63. The van der Waals surface area contributed by atoms with E-state index in [4.69, 9.17) is 15.9 Å². The minimum absolute atomic E-state index is 0.182. The first-order chi connectivity index (χ1) is 6.33. The van der Waals surface area contributed by atoms with Gasteiger partial charge in [-0.25, -0.2) is 0 Å². The summed E-state index contributed by atoms with van der Waals surface area (Å²) in [6, 6.07) is 0. The molecular weight excluding hydrogens is 166 g/mol. The Labute approximate surface area is 79.8 Å². The zero-order valence-corrected chi connectivity index (χ0v) is 8.08. The lowest BCUT2D eigenvalue weighted by Crippen LogP contribution is -2.45. The molecule has 74 valence electrons. The van der Waals surface area contributed by atoms with Gasteiger partial charge in [0.1, 0.15) is 0 Å². The molecule has 2 unspecified atom stereocenters. The lowest BCUT2D eigenvalue weighted by Gasteiger charge is -2.28. The molecule has 0 spiro atoms. The van der Waals surface area contributed by atoms with E-state index >= 15 is 0 Å². The molecule has 0 aromatic heterocycles. The molecule has 13 heavy (non-hydrogen) atoms. The van der Waals surface area contributed by atoms with Crippen molar-refractivity contribution < 1.29 is 9.47 Å². The van der Waals surface area contributed by atoms with Crippen LogP contribution in [-0.2, 0) is 9.47 Å². The van der Waals surface area contributed by atoms with Gasteiger partial charge in [-0.3, -0.25) is 0 Å². The number of terminal acetylenes is 1. The Morgan fingerprint density at radius 3 is 3.15 bits per heavy atom. The Morgan fingerprint density at radius 1 is 1.62 bits per heavy atom. The summed E-state index contributed by atoms with van der Waals surface area (Å²) in [5.41, 5.74) is 0. The monoisotopic (exact) mass is 183 g/mol. The van der Waals surface area contributed by atoms with Gasteiger partial charge in [0, 0.05) is 19.5 Å². The van der Waals surface area contributed by atoms with Crippen molar-refractivity contribution in [1.29, 1.82) is 0 Å². The number of morpholine rings is 1. The molecule has 0 amide bonds. The molecule has 3 heteroatoms. The van der Waals surface area contributed by atoms with Crippen molar-refractivity contribution in [1.82, 2.24) is 5.32 Å². The van der Waals surface area contributed by atoms with Gasteiger partial charge in [-0.2, -0.15) is 0 Å². The summed E-state index contributed by atoms with van der Waals surface area (Å²) in [5, 5.41) is 3.28. The number of nitrogens with one attached hydrogen (secondary N) is 1. The van der Waals surface area contributed by atoms with Gasteiger partial charge in [0.2, 0.25) is 0 Å². The highest BCUT2D eigenvalue weighted by Gasteiger charge is 2.18. The highest BCUT2D eigenvalue weighted by Crippen LogP contribution is 2.03. The minimum atomic E-state index is 0.182. The Kier molecular flexibility index (Phi) is 4.84. The van der Waals surface area contributed by atoms with E-state index in [-0.39, 0.29) is 12.2 Å². The lowest BCUT2D eigenvalue weighted by molar-refractivity contribution is -0.0677. The van der Waals surface area contributed by atoms with Crippen LogP contribution in [-0.4, -0.2) is 38.5 Å². The SMILES string of the molecule is C#CCCOCC1CNCC(C)O1. The first-order valence-corrected chi connectivity index (χ1v) is 4.70. The normalized spacial score (nSPS) is 28.3. The van der Waals surface area contributed by atoms with Crippen LogP contribution in [0.1, 0.15) is 13.3 Å². The topological polar surface area (TPSA) is 30.5 Å². The standard InChI is InChI=1S/C10H17NO2/c1-3-4-5-12-8-10-7-11-6-9(2)13-10/h1,9-11H,4-8H2,2H3. The summed E-state index contributed by atoms with van der Waals surface area (Å²) < 4.78 is 11.0. The Balaban J connectivity index is 2.04. The van der Waals surface area contributed by atoms with Gasteiger partial charge in [0.25, 0.3) is 0 Å². The number of ether oxygens (including phenoxy) is 2. The number of hydrogen-bond acceptors (Lipinski definition) is 3. The zero-order chi connectivity index (χ0) is 9.52. The third-order valence-electron chi connectivity index (χ3n) is 1.92. The molecule has 1 aliphatic rings. The molecule has 3 nitrogen and oxygen atoms in total. The van der Waals surface area contributed by atoms with Gasteiger partial charge < -0.3 is 14.8 Å². The highest BCUT2D eigenvalue weighted by atomic mass is 16.5. The van der Waals surface area contributed by atoms with E-state index in [0.29, 0.717) is 19.6 Å². The number of hydrogen-bond donors (Lipinski definition) is 1. The quantitative estimate of drug-likeness (QED) is 0.505. The van der Waals surface area contributed by atoms with E-state index in [0.717, 1.165) is 13.1 Å². The van der Waals surface area contributed by atoms with E-state index in [1.807, 2.05) is 0 Å². The van der Waals surface area contributed by atoms with Gasteiger partial charge in [0.05, 0.1) is 25.4 Å². The molecule has 0 bridgehead atoms. The summed E-state index contributed by atoms with van der Waals surface area (Å²) in [6.45, 7) is 5.13. The molecule has 0 aliphatic carbocycles. The van der Waals surface area contributed by atoms with Gasteiger partial charge in [-0.05, 0) is 6.92 Å². The van der Waals surface area contributed by atoms with Crippen molar-refractivity contribution in [3.05, 3.63) is 0 Å². The summed E-state index contributed by atoms with van der Waals surface area (Å²) in [4.78, 5) is 0. The van der Waals surface area contributed by atoms with Crippen molar-refractivity contribution in [3.8, 4) is 12.3 Å². The van der Waals surface area contributed by atoms with Gasteiger partial charge in [0.15, 0.2) is 0 Å². The molecule has 1 heterocycles. The molecule has 2 atom stereocenters. The summed E-state index contributed by atoms with van der Waals surface area (Å²) in [6.07, 6.45) is 6.24. The van der Waals surface area contributed by atoms with E-state index in [9.17, 15) is 0 Å². The Bertz CT molecular complexity index is 176. The van der Waals surface area contributed by atoms with Gasteiger partial charge in [-0.15, -0.1) is 12.3 Å². The van der Waals surface area contributed by atoms with Crippen LogP contribution in [0.15, 0.2) is 0 Å². The molecule has 1 rings (SSSR count). The highest BCUT2D eigenvalue weighted by molar-refractivity contribution is 4.82. The molecule has 0 radical (unpaired) electrons.